The quantitative estimate of drug-likeness (QED) is 0.649. The number of anilines is 1. The number of aromatic nitrogens is 1. The third-order valence-electron chi connectivity index (χ3n) is 4.26. The predicted octanol–water partition coefficient (Wildman–Crippen LogP) is 4.60. The molecule has 0 unspecified atom stereocenters. The first-order chi connectivity index (χ1) is 13.5. The summed E-state index contributed by atoms with van der Waals surface area (Å²) in [6.45, 7) is 6.68. The molecule has 1 N–H and O–H groups in total. The van der Waals surface area contributed by atoms with Crippen LogP contribution in [0.4, 0.5) is 5.69 Å². The summed E-state index contributed by atoms with van der Waals surface area (Å²) in [6, 6.07) is 12.8. The van der Waals surface area contributed by atoms with E-state index in [-0.39, 0.29) is 5.91 Å². The number of hydrogen-bond donors (Lipinski definition) is 1. The minimum atomic E-state index is -0.235. The van der Waals surface area contributed by atoms with Crippen LogP contribution in [0.1, 0.15) is 29.9 Å². The van der Waals surface area contributed by atoms with Crippen LogP contribution < -0.4 is 19.5 Å². The van der Waals surface area contributed by atoms with Crippen LogP contribution in [-0.2, 0) is 0 Å². The standard InChI is InChI=1S/C22H24N2O4/c1-5-27-20-10-7-16(13-21(20)28-6-2)24-22(25)18-12-15-11-17(26-4)8-9-19(15)23-14(18)3/h7-13H,5-6H2,1-4H3,(H,24,25). The van der Waals surface area contributed by atoms with Crippen molar-refractivity contribution >= 4 is 22.5 Å². The molecule has 0 atom stereocenters. The number of hydrogen-bond acceptors (Lipinski definition) is 5. The maximum atomic E-state index is 12.9. The largest absolute Gasteiger partial charge is 0.497 e. The molecule has 28 heavy (non-hydrogen) atoms. The fourth-order valence-corrected chi connectivity index (χ4v) is 2.93. The van der Waals surface area contributed by atoms with E-state index in [1.807, 2.05) is 45.0 Å². The molecule has 0 fully saturated rings. The van der Waals surface area contributed by atoms with Crippen molar-refractivity contribution in [1.29, 1.82) is 0 Å². The Morgan fingerprint density at radius 2 is 1.75 bits per heavy atom. The molecule has 6 heteroatoms. The highest BCUT2D eigenvalue weighted by Crippen LogP contribution is 2.31. The molecule has 0 radical (unpaired) electrons. The van der Waals surface area contributed by atoms with Gasteiger partial charge in [0.25, 0.3) is 5.91 Å². The number of carbonyl (C=O) groups excluding carboxylic acids is 1. The van der Waals surface area contributed by atoms with Gasteiger partial charge in [0.15, 0.2) is 11.5 Å². The van der Waals surface area contributed by atoms with Crippen LogP contribution in [0.2, 0.25) is 0 Å². The van der Waals surface area contributed by atoms with E-state index in [1.54, 1.807) is 25.3 Å². The lowest BCUT2D eigenvalue weighted by atomic mass is 10.1. The van der Waals surface area contributed by atoms with E-state index in [9.17, 15) is 4.79 Å². The number of nitrogens with zero attached hydrogens (tertiary/aromatic N) is 1. The molecule has 0 aliphatic heterocycles. The lowest BCUT2D eigenvalue weighted by molar-refractivity contribution is 0.102. The molecular weight excluding hydrogens is 356 g/mol. The van der Waals surface area contributed by atoms with Crippen LogP contribution in [0, 0.1) is 6.92 Å². The van der Waals surface area contributed by atoms with Gasteiger partial charge >= 0.3 is 0 Å². The van der Waals surface area contributed by atoms with Crippen molar-refractivity contribution in [3.05, 3.63) is 53.7 Å². The molecule has 0 spiro atoms. The second kappa shape index (κ2) is 8.61. The monoisotopic (exact) mass is 380 g/mol. The van der Waals surface area contributed by atoms with E-state index in [0.717, 1.165) is 16.7 Å². The average molecular weight is 380 g/mol. The van der Waals surface area contributed by atoms with Gasteiger partial charge in [-0.25, -0.2) is 0 Å². The predicted molar refractivity (Wildman–Crippen MR) is 110 cm³/mol. The zero-order valence-corrected chi connectivity index (χ0v) is 16.5. The number of fused-ring (bicyclic) bond motifs is 1. The number of benzene rings is 2. The molecule has 3 aromatic rings. The third kappa shape index (κ3) is 4.17. The fourth-order valence-electron chi connectivity index (χ4n) is 2.93. The number of aryl methyl sites for hydroxylation is 1. The van der Waals surface area contributed by atoms with E-state index in [1.165, 1.54) is 0 Å². The molecule has 0 aliphatic rings. The van der Waals surface area contributed by atoms with E-state index in [4.69, 9.17) is 14.2 Å². The summed E-state index contributed by atoms with van der Waals surface area (Å²) in [5.74, 6) is 1.73. The summed E-state index contributed by atoms with van der Waals surface area (Å²) >= 11 is 0. The lowest BCUT2D eigenvalue weighted by Crippen LogP contribution is -2.14. The van der Waals surface area contributed by atoms with Crippen LogP contribution in [0.25, 0.3) is 10.9 Å². The number of amides is 1. The maximum Gasteiger partial charge on any atom is 0.257 e. The SMILES string of the molecule is CCOc1ccc(NC(=O)c2cc3cc(OC)ccc3nc2C)cc1OCC. The summed E-state index contributed by atoms with van der Waals surface area (Å²) in [5, 5.41) is 3.76. The Hall–Kier alpha value is -3.28. The van der Waals surface area contributed by atoms with Crippen molar-refractivity contribution < 1.29 is 19.0 Å². The Balaban J connectivity index is 1.90. The molecule has 1 aromatic heterocycles. The number of methoxy groups -OCH3 is 1. The Bertz CT molecular complexity index is 1000. The van der Waals surface area contributed by atoms with Gasteiger partial charge < -0.3 is 19.5 Å². The third-order valence-corrected chi connectivity index (χ3v) is 4.26. The molecule has 1 heterocycles. The van der Waals surface area contributed by atoms with Gasteiger partial charge in [-0.3, -0.25) is 9.78 Å². The number of rotatable bonds is 7. The number of nitrogens with one attached hydrogen (secondary N) is 1. The summed E-state index contributed by atoms with van der Waals surface area (Å²) in [5.41, 5.74) is 2.61. The van der Waals surface area contributed by atoms with Gasteiger partial charge in [-0.1, -0.05) is 0 Å². The van der Waals surface area contributed by atoms with Gasteiger partial charge in [0.2, 0.25) is 0 Å². The minimum Gasteiger partial charge on any atom is -0.497 e. The smallest absolute Gasteiger partial charge is 0.257 e. The first kappa shape index (κ1) is 19.5. The molecule has 0 aliphatic carbocycles. The normalized spacial score (nSPS) is 10.6. The van der Waals surface area contributed by atoms with E-state index in [2.05, 4.69) is 10.3 Å². The molecule has 0 bridgehead atoms. The number of pyridine rings is 1. The highest BCUT2D eigenvalue weighted by Gasteiger charge is 2.14. The Morgan fingerprint density at radius 1 is 1.00 bits per heavy atom. The van der Waals surface area contributed by atoms with Crippen LogP contribution in [0.3, 0.4) is 0 Å². The molecular formula is C22H24N2O4. The minimum absolute atomic E-state index is 0.235. The Labute approximate surface area is 164 Å². The van der Waals surface area contributed by atoms with Crippen molar-refractivity contribution in [3.63, 3.8) is 0 Å². The second-order valence-corrected chi connectivity index (χ2v) is 6.16. The van der Waals surface area contributed by atoms with Gasteiger partial charge in [0, 0.05) is 17.1 Å². The molecule has 0 saturated carbocycles. The van der Waals surface area contributed by atoms with Crippen molar-refractivity contribution in [2.45, 2.75) is 20.8 Å². The van der Waals surface area contributed by atoms with Gasteiger partial charge in [-0.2, -0.15) is 0 Å². The first-order valence-electron chi connectivity index (χ1n) is 9.22. The van der Waals surface area contributed by atoms with E-state index in [0.29, 0.717) is 41.7 Å². The molecule has 0 saturated heterocycles. The average Bonchev–Trinajstić information content (AvgIpc) is 2.69. The summed E-state index contributed by atoms with van der Waals surface area (Å²) in [6.07, 6.45) is 0. The highest BCUT2D eigenvalue weighted by molar-refractivity contribution is 6.07. The second-order valence-electron chi connectivity index (χ2n) is 6.16. The van der Waals surface area contributed by atoms with Crippen LogP contribution >= 0.6 is 0 Å². The van der Waals surface area contributed by atoms with Gasteiger partial charge in [0.1, 0.15) is 5.75 Å². The van der Waals surface area contributed by atoms with Gasteiger partial charge in [-0.05, 0) is 57.2 Å². The van der Waals surface area contributed by atoms with Crippen molar-refractivity contribution in [2.75, 3.05) is 25.6 Å². The lowest BCUT2D eigenvalue weighted by Gasteiger charge is -2.14. The zero-order valence-electron chi connectivity index (χ0n) is 16.5. The summed E-state index contributed by atoms with van der Waals surface area (Å²) in [4.78, 5) is 17.4. The van der Waals surface area contributed by atoms with Crippen LogP contribution in [0.5, 0.6) is 17.2 Å². The first-order valence-corrected chi connectivity index (χ1v) is 9.22. The zero-order chi connectivity index (χ0) is 20.1. The van der Waals surface area contributed by atoms with Gasteiger partial charge in [-0.15, -0.1) is 0 Å². The Morgan fingerprint density at radius 3 is 2.46 bits per heavy atom. The van der Waals surface area contributed by atoms with Crippen molar-refractivity contribution in [2.24, 2.45) is 0 Å². The number of carbonyl (C=O) groups is 1. The Kier molecular flexibility index (Phi) is 5.99. The van der Waals surface area contributed by atoms with Gasteiger partial charge in [0.05, 0.1) is 37.1 Å². The van der Waals surface area contributed by atoms with Crippen molar-refractivity contribution in [3.8, 4) is 17.2 Å². The van der Waals surface area contributed by atoms with E-state index < -0.39 is 0 Å². The summed E-state index contributed by atoms with van der Waals surface area (Å²) < 4.78 is 16.4. The molecule has 6 nitrogen and oxygen atoms in total. The topological polar surface area (TPSA) is 69.7 Å². The summed E-state index contributed by atoms with van der Waals surface area (Å²) in [7, 11) is 1.61. The highest BCUT2D eigenvalue weighted by atomic mass is 16.5. The van der Waals surface area contributed by atoms with E-state index >= 15 is 0 Å². The molecule has 2 aromatic carbocycles. The molecule has 3 rings (SSSR count). The van der Waals surface area contributed by atoms with Crippen LogP contribution in [-0.4, -0.2) is 31.2 Å². The van der Waals surface area contributed by atoms with Crippen molar-refractivity contribution in [1.82, 2.24) is 4.98 Å². The maximum absolute atomic E-state index is 12.9. The van der Waals surface area contributed by atoms with Crippen LogP contribution in [0.15, 0.2) is 42.5 Å². The molecule has 146 valence electrons. The fraction of sp³-hybridized carbons (Fsp3) is 0.273. The molecule has 1 amide bonds. The number of ether oxygens (including phenoxy) is 3.